The fourth-order valence-electron chi connectivity index (χ4n) is 2.91. The summed E-state index contributed by atoms with van der Waals surface area (Å²) < 4.78 is 16.1. The molecule has 0 radical (unpaired) electrons. The van der Waals surface area contributed by atoms with E-state index < -0.39 is 0 Å². The second-order valence-corrected chi connectivity index (χ2v) is 7.12. The fraction of sp³-hybridized carbons (Fsp3) is 0.136. The Morgan fingerprint density at radius 2 is 1.96 bits per heavy atom. The van der Waals surface area contributed by atoms with Crippen molar-refractivity contribution >= 4 is 23.2 Å². The van der Waals surface area contributed by atoms with E-state index in [1.54, 1.807) is 48.8 Å². The molecule has 0 saturated carbocycles. The molecule has 1 aliphatic rings. The van der Waals surface area contributed by atoms with E-state index in [9.17, 15) is 4.79 Å². The number of fused-ring (bicyclic) bond motifs is 1. The maximum atomic E-state index is 12.6. The van der Waals surface area contributed by atoms with Gasteiger partial charge in [-0.25, -0.2) is 0 Å². The molecule has 0 amide bonds. The molecule has 0 aliphatic carbocycles. The minimum absolute atomic E-state index is 0.104. The van der Waals surface area contributed by atoms with Crippen LogP contribution in [-0.2, 0) is 0 Å². The van der Waals surface area contributed by atoms with Crippen molar-refractivity contribution in [3.63, 3.8) is 0 Å². The highest BCUT2D eigenvalue weighted by Crippen LogP contribution is 2.33. The highest BCUT2D eigenvalue weighted by Gasteiger charge is 2.15. The molecule has 1 aromatic heterocycles. The number of thiophene rings is 1. The number of hydrogen-bond acceptors (Lipinski definition) is 5. The zero-order valence-corrected chi connectivity index (χ0v) is 15.8. The number of ketones is 1. The number of aryl methyl sites for hydroxylation is 1. The zero-order chi connectivity index (χ0) is 18.8. The van der Waals surface area contributed by atoms with Crippen molar-refractivity contribution in [1.82, 2.24) is 0 Å². The Bertz CT molecular complexity index is 1030. The van der Waals surface area contributed by atoms with Crippen LogP contribution in [0.2, 0.25) is 0 Å². The topological polar surface area (TPSA) is 44.8 Å². The summed E-state index contributed by atoms with van der Waals surface area (Å²) >= 11 is 1.70. The number of methoxy groups -OCH3 is 1. The highest BCUT2D eigenvalue weighted by molar-refractivity contribution is 7.13. The van der Waals surface area contributed by atoms with Crippen LogP contribution >= 0.6 is 11.3 Å². The Labute approximate surface area is 161 Å². The quantitative estimate of drug-likeness (QED) is 0.443. The predicted molar refractivity (Wildman–Crippen MR) is 107 cm³/mol. The Balaban J connectivity index is 1.61. The van der Waals surface area contributed by atoms with Crippen LogP contribution in [0.4, 0.5) is 0 Å². The summed E-state index contributed by atoms with van der Waals surface area (Å²) in [4.78, 5) is 13.7. The zero-order valence-electron chi connectivity index (χ0n) is 15.0. The Hall–Kier alpha value is -3.05. The molecule has 5 heteroatoms. The van der Waals surface area contributed by atoms with Gasteiger partial charge in [0.25, 0.3) is 0 Å². The molecule has 4 rings (SSSR count). The molecule has 1 aliphatic heterocycles. The van der Waals surface area contributed by atoms with Crippen LogP contribution in [0, 0.1) is 6.92 Å². The molecule has 3 aromatic rings. The predicted octanol–water partition coefficient (Wildman–Crippen LogP) is 5.36. The molecule has 4 nitrogen and oxygen atoms in total. The van der Waals surface area contributed by atoms with E-state index in [-0.39, 0.29) is 12.6 Å². The van der Waals surface area contributed by atoms with Gasteiger partial charge in [-0.2, -0.15) is 0 Å². The first-order valence-electron chi connectivity index (χ1n) is 8.49. The van der Waals surface area contributed by atoms with Gasteiger partial charge in [0.05, 0.1) is 7.11 Å². The van der Waals surface area contributed by atoms with Crippen LogP contribution in [0.3, 0.4) is 0 Å². The lowest BCUT2D eigenvalue weighted by molar-refractivity contribution is 0.104. The van der Waals surface area contributed by atoms with Crippen LogP contribution in [0.25, 0.3) is 16.5 Å². The van der Waals surface area contributed by atoms with Gasteiger partial charge in [-0.15, -0.1) is 11.3 Å². The Kier molecular flexibility index (Phi) is 4.69. The normalized spacial score (nSPS) is 12.5. The molecule has 0 N–H and O–H groups in total. The summed E-state index contributed by atoms with van der Waals surface area (Å²) in [5.74, 6) is 1.88. The summed E-state index contributed by atoms with van der Waals surface area (Å²) in [5, 5.41) is 2.12. The van der Waals surface area contributed by atoms with Gasteiger partial charge in [-0.05, 0) is 78.0 Å². The van der Waals surface area contributed by atoms with Crippen molar-refractivity contribution in [2.24, 2.45) is 0 Å². The van der Waals surface area contributed by atoms with E-state index >= 15 is 0 Å². The van der Waals surface area contributed by atoms with Crippen LogP contribution in [0.1, 0.15) is 21.5 Å². The Morgan fingerprint density at radius 3 is 2.74 bits per heavy atom. The van der Waals surface area contributed by atoms with Crippen molar-refractivity contribution < 1.29 is 19.0 Å². The van der Waals surface area contributed by atoms with Gasteiger partial charge in [0.2, 0.25) is 6.79 Å². The van der Waals surface area contributed by atoms with E-state index in [4.69, 9.17) is 14.2 Å². The van der Waals surface area contributed by atoms with Crippen molar-refractivity contribution in [3.05, 3.63) is 70.6 Å². The van der Waals surface area contributed by atoms with Crippen molar-refractivity contribution in [1.29, 1.82) is 0 Å². The summed E-state index contributed by atoms with van der Waals surface area (Å²) in [6.45, 7) is 2.27. The van der Waals surface area contributed by atoms with Gasteiger partial charge in [-0.1, -0.05) is 0 Å². The first kappa shape index (κ1) is 17.4. The fourth-order valence-corrected chi connectivity index (χ4v) is 3.81. The van der Waals surface area contributed by atoms with Gasteiger partial charge >= 0.3 is 0 Å². The molecule has 0 fully saturated rings. The maximum absolute atomic E-state index is 12.6. The summed E-state index contributed by atoms with van der Waals surface area (Å²) in [6.07, 6.45) is 3.34. The molecule has 27 heavy (non-hydrogen) atoms. The number of hydrogen-bond donors (Lipinski definition) is 0. The lowest BCUT2D eigenvalue weighted by Crippen LogP contribution is -1.95. The van der Waals surface area contributed by atoms with Crippen LogP contribution in [0.15, 0.2) is 53.9 Å². The second-order valence-electron chi connectivity index (χ2n) is 6.21. The monoisotopic (exact) mass is 378 g/mol. The van der Waals surface area contributed by atoms with Crippen LogP contribution in [0.5, 0.6) is 17.2 Å². The smallest absolute Gasteiger partial charge is 0.231 e. The lowest BCUT2D eigenvalue weighted by atomic mass is 10.1. The van der Waals surface area contributed by atoms with Crippen molar-refractivity contribution in [2.75, 3.05) is 13.9 Å². The molecular formula is C22H18O4S. The number of carbonyl (C=O) groups excluding carboxylic acids is 1. The third-order valence-corrected chi connectivity index (χ3v) is 5.41. The summed E-state index contributed by atoms with van der Waals surface area (Å²) in [6, 6.07) is 13.3. The molecule has 0 saturated heterocycles. The minimum Gasteiger partial charge on any atom is -0.496 e. The molecular weight excluding hydrogens is 360 g/mol. The molecule has 2 aromatic carbocycles. The molecule has 0 spiro atoms. The molecule has 0 atom stereocenters. The number of benzene rings is 2. The first-order chi connectivity index (χ1) is 13.1. The number of carbonyl (C=O) groups is 1. The van der Waals surface area contributed by atoms with E-state index in [0.29, 0.717) is 17.1 Å². The average molecular weight is 378 g/mol. The molecule has 2 heterocycles. The van der Waals surface area contributed by atoms with Gasteiger partial charge < -0.3 is 14.2 Å². The summed E-state index contributed by atoms with van der Waals surface area (Å²) in [7, 11) is 1.63. The van der Waals surface area contributed by atoms with Crippen molar-refractivity contribution in [3.8, 4) is 27.7 Å². The lowest BCUT2D eigenvalue weighted by Gasteiger charge is -2.07. The summed E-state index contributed by atoms with van der Waals surface area (Å²) in [5.41, 5.74) is 3.75. The van der Waals surface area contributed by atoms with Gasteiger partial charge in [0.1, 0.15) is 5.75 Å². The van der Waals surface area contributed by atoms with Gasteiger partial charge in [0.15, 0.2) is 17.3 Å². The standard InChI is InChI=1S/C22H18O4S/c1-14-9-22(27-12-14)17-5-7-19(24-2)16(10-17)3-6-18(23)15-4-8-20-21(11-15)26-13-25-20/h3-12H,13H2,1-2H3/b6-3+. The first-order valence-corrected chi connectivity index (χ1v) is 9.37. The SMILES string of the molecule is COc1ccc(-c2cc(C)cs2)cc1/C=C/C(=O)c1ccc2c(c1)OCO2. The minimum atomic E-state index is -0.104. The average Bonchev–Trinajstić information content (AvgIpc) is 3.34. The maximum Gasteiger partial charge on any atom is 0.231 e. The third kappa shape index (κ3) is 3.59. The van der Waals surface area contributed by atoms with E-state index in [0.717, 1.165) is 16.9 Å². The Morgan fingerprint density at radius 1 is 1.11 bits per heavy atom. The number of ether oxygens (including phenoxy) is 3. The van der Waals surface area contributed by atoms with E-state index in [2.05, 4.69) is 18.4 Å². The van der Waals surface area contributed by atoms with Gasteiger partial charge in [-0.3, -0.25) is 4.79 Å². The largest absolute Gasteiger partial charge is 0.496 e. The number of allylic oxidation sites excluding steroid dienone is 1. The third-order valence-electron chi connectivity index (χ3n) is 4.32. The molecule has 136 valence electrons. The van der Waals surface area contributed by atoms with Crippen molar-refractivity contribution in [2.45, 2.75) is 6.92 Å². The van der Waals surface area contributed by atoms with E-state index in [1.807, 2.05) is 18.2 Å². The van der Waals surface area contributed by atoms with E-state index in [1.165, 1.54) is 10.4 Å². The highest BCUT2D eigenvalue weighted by atomic mass is 32.1. The number of rotatable bonds is 5. The molecule has 0 unspecified atom stereocenters. The molecule has 0 bridgehead atoms. The van der Waals surface area contributed by atoms with Crippen LogP contribution in [-0.4, -0.2) is 19.7 Å². The van der Waals surface area contributed by atoms with Gasteiger partial charge in [0, 0.05) is 16.0 Å². The second kappa shape index (κ2) is 7.29. The van der Waals surface area contributed by atoms with Crippen LogP contribution < -0.4 is 14.2 Å².